The summed E-state index contributed by atoms with van der Waals surface area (Å²) in [7, 11) is 0. The molecule has 0 atom stereocenters. The summed E-state index contributed by atoms with van der Waals surface area (Å²) in [6.07, 6.45) is 1.91. The molecule has 136 valence electrons. The maximum atomic E-state index is 12.5. The van der Waals surface area contributed by atoms with Gasteiger partial charge in [0.15, 0.2) is 0 Å². The molecular weight excluding hydrogens is 334 g/mol. The van der Waals surface area contributed by atoms with E-state index in [-0.39, 0.29) is 22.8 Å². The number of amides is 2. The lowest BCUT2D eigenvalue weighted by molar-refractivity contribution is 0.0990. The number of aromatic nitrogens is 1. The molecule has 2 amide bonds. The molecule has 3 rings (SSSR count). The molecule has 0 aliphatic heterocycles. The smallest absolute Gasteiger partial charge is 0.255 e. The fourth-order valence-corrected chi connectivity index (χ4v) is 2.67. The minimum Gasteiger partial charge on any atom is -0.490 e. The van der Waals surface area contributed by atoms with Gasteiger partial charge < -0.3 is 20.8 Å². The van der Waals surface area contributed by atoms with Crippen molar-refractivity contribution in [2.24, 2.45) is 5.73 Å². The van der Waals surface area contributed by atoms with Crippen LogP contribution in [0.15, 0.2) is 35.1 Å². The molecule has 1 aromatic carbocycles. The van der Waals surface area contributed by atoms with Gasteiger partial charge in [-0.05, 0) is 56.9 Å². The Morgan fingerprint density at radius 3 is 2.58 bits per heavy atom. The molecule has 1 aliphatic rings. The maximum absolute atomic E-state index is 12.5. The normalized spacial score (nSPS) is 13.5. The highest BCUT2D eigenvalue weighted by Crippen LogP contribution is 2.38. The first-order valence-electron chi connectivity index (χ1n) is 8.49. The molecule has 7 nitrogen and oxygen atoms in total. The third-order valence-electron chi connectivity index (χ3n) is 4.01. The Labute approximate surface area is 150 Å². The van der Waals surface area contributed by atoms with Crippen LogP contribution in [0.4, 0.5) is 5.69 Å². The van der Waals surface area contributed by atoms with Crippen LogP contribution in [0.25, 0.3) is 0 Å². The van der Waals surface area contributed by atoms with E-state index in [2.05, 4.69) is 10.3 Å². The zero-order chi connectivity index (χ0) is 18.8. The number of nitrogens with one attached hydrogen (secondary N) is 2. The lowest BCUT2D eigenvalue weighted by Gasteiger charge is -2.14. The van der Waals surface area contributed by atoms with Crippen molar-refractivity contribution in [3.05, 3.63) is 57.5 Å². The van der Waals surface area contributed by atoms with E-state index in [1.807, 2.05) is 13.8 Å². The number of rotatable bonds is 6. The van der Waals surface area contributed by atoms with Gasteiger partial charge in [-0.25, -0.2) is 0 Å². The lowest BCUT2D eigenvalue weighted by Crippen LogP contribution is -2.19. The van der Waals surface area contributed by atoms with Gasteiger partial charge in [-0.2, -0.15) is 0 Å². The Hall–Kier alpha value is -3.09. The Kier molecular flexibility index (Phi) is 4.79. The number of benzene rings is 1. The van der Waals surface area contributed by atoms with Gasteiger partial charge in [-0.3, -0.25) is 14.4 Å². The molecule has 0 unspecified atom stereocenters. The summed E-state index contributed by atoms with van der Waals surface area (Å²) in [6, 6.07) is 7.62. The van der Waals surface area contributed by atoms with Crippen molar-refractivity contribution in [2.75, 3.05) is 5.32 Å². The Morgan fingerprint density at radius 2 is 1.96 bits per heavy atom. The van der Waals surface area contributed by atoms with Crippen molar-refractivity contribution in [1.82, 2.24) is 4.98 Å². The summed E-state index contributed by atoms with van der Waals surface area (Å²) in [4.78, 5) is 38.7. The number of pyridine rings is 1. The van der Waals surface area contributed by atoms with Gasteiger partial charge in [0.1, 0.15) is 5.75 Å². The predicted octanol–water partition coefficient (Wildman–Crippen LogP) is 2.39. The molecule has 1 saturated carbocycles. The highest BCUT2D eigenvalue weighted by atomic mass is 16.5. The number of hydrogen-bond acceptors (Lipinski definition) is 4. The Bertz CT molecular complexity index is 913. The zero-order valence-electron chi connectivity index (χ0n) is 14.7. The van der Waals surface area contributed by atoms with Gasteiger partial charge in [0.25, 0.3) is 11.8 Å². The monoisotopic (exact) mass is 355 g/mol. The molecule has 0 saturated heterocycles. The van der Waals surface area contributed by atoms with Crippen molar-refractivity contribution in [2.45, 2.75) is 38.7 Å². The number of ether oxygens (including phenoxy) is 1. The number of carbonyl (C=O) groups excluding carboxylic acids is 2. The largest absolute Gasteiger partial charge is 0.490 e. The molecule has 1 aromatic heterocycles. The van der Waals surface area contributed by atoms with Crippen LogP contribution in [0.5, 0.6) is 5.75 Å². The van der Waals surface area contributed by atoms with E-state index in [1.165, 1.54) is 12.1 Å². The Morgan fingerprint density at radius 1 is 1.23 bits per heavy atom. The number of nitrogens with two attached hydrogens (primary N) is 1. The number of primary amides is 1. The number of anilines is 1. The maximum Gasteiger partial charge on any atom is 0.255 e. The summed E-state index contributed by atoms with van der Waals surface area (Å²) in [5.74, 6) is -0.392. The van der Waals surface area contributed by atoms with E-state index in [0.29, 0.717) is 17.4 Å². The summed E-state index contributed by atoms with van der Waals surface area (Å²) in [5, 5.41) is 2.69. The SMILES string of the molecule is CC(C)Oc1ccc(NC(=O)c2cc(C3CC3)[nH]c(=O)c2)cc1C(N)=O. The predicted molar refractivity (Wildman–Crippen MR) is 97.7 cm³/mol. The third kappa shape index (κ3) is 4.11. The van der Waals surface area contributed by atoms with Crippen molar-refractivity contribution >= 4 is 17.5 Å². The summed E-state index contributed by atoms with van der Waals surface area (Å²) in [6.45, 7) is 3.68. The molecule has 4 N–H and O–H groups in total. The van der Waals surface area contributed by atoms with Crippen LogP contribution in [0, 0.1) is 0 Å². The number of hydrogen-bond donors (Lipinski definition) is 3. The van der Waals surface area contributed by atoms with Crippen LogP contribution in [0.1, 0.15) is 59.0 Å². The summed E-state index contributed by atoms with van der Waals surface area (Å²) < 4.78 is 5.56. The van der Waals surface area contributed by atoms with Gasteiger partial charge in [-0.1, -0.05) is 0 Å². The molecule has 1 heterocycles. The molecule has 2 aromatic rings. The van der Waals surface area contributed by atoms with Crippen LogP contribution >= 0.6 is 0 Å². The van der Waals surface area contributed by atoms with Gasteiger partial charge >= 0.3 is 0 Å². The number of H-pyrrole nitrogens is 1. The lowest BCUT2D eigenvalue weighted by atomic mass is 10.1. The number of carbonyl (C=O) groups is 2. The fraction of sp³-hybridized carbons (Fsp3) is 0.316. The molecule has 0 radical (unpaired) electrons. The topological polar surface area (TPSA) is 114 Å². The third-order valence-corrected chi connectivity index (χ3v) is 4.01. The van der Waals surface area contributed by atoms with Crippen LogP contribution in [0.2, 0.25) is 0 Å². The molecular formula is C19H21N3O4. The van der Waals surface area contributed by atoms with Crippen molar-refractivity contribution in [1.29, 1.82) is 0 Å². The first kappa shape index (κ1) is 17.7. The van der Waals surface area contributed by atoms with Gasteiger partial charge in [0, 0.05) is 23.0 Å². The molecule has 7 heteroatoms. The second-order valence-electron chi connectivity index (χ2n) is 6.66. The van der Waals surface area contributed by atoms with E-state index < -0.39 is 11.8 Å². The molecule has 1 aliphatic carbocycles. The summed E-state index contributed by atoms with van der Waals surface area (Å²) in [5.41, 5.74) is 6.73. The molecule has 26 heavy (non-hydrogen) atoms. The van der Waals surface area contributed by atoms with Gasteiger partial charge in [0.2, 0.25) is 5.56 Å². The highest BCUT2D eigenvalue weighted by Gasteiger charge is 2.25. The van der Waals surface area contributed by atoms with Crippen LogP contribution in [0.3, 0.4) is 0 Å². The second-order valence-corrected chi connectivity index (χ2v) is 6.66. The van der Waals surface area contributed by atoms with Crippen molar-refractivity contribution in [3.63, 3.8) is 0 Å². The fourth-order valence-electron chi connectivity index (χ4n) is 2.67. The number of aromatic amines is 1. The van der Waals surface area contributed by atoms with E-state index >= 15 is 0 Å². The van der Waals surface area contributed by atoms with E-state index in [0.717, 1.165) is 18.5 Å². The Balaban J connectivity index is 1.84. The van der Waals surface area contributed by atoms with Crippen LogP contribution < -0.4 is 21.3 Å². The van der Waals surface area contributed by atoms with E-state index in [9.17, 15) is 14.4 Å². The zero-order valence-corrected chi connectivity index (χ0v) is 14.7. The average molecular weight is 355 g/mol. The van der Waals surface area contributed by atoms with Gasteiger partial charge in [-0.15, -0.1) is 0 Å². The van der Waals surface area contributed by atoms with E-state index in [4.69, 9.17) is 10.5 Å². The summed E-state index contributed by atoms with van der Waals surface area (Å²) >= 11 is 0. The standard InChI is InChI=1S/C19H21N3O4/c1-10(2)26-16-6-5-13(9-14(16)18(20)24)21-19(25)12-7-15(11-3-4-11)22-17(23)8-12/h5-11H,3-4H2,1-2H3,(H2,20,24)(H,21,25)(H,22,23). The van der Waals surface area contributed by atoms with Crippen molar-refractivity contribution < 1.29 is 14.3 Å². The average Bonchev–Trinajstić information content (AvgIpc) is 3.40. The molecule has 0 spiro atoms. The quantitative estimate of drug-likeness (QED) is 0.738. The highest BCUT2D eigenvalue weighted by molar-refractivity contribution is 6.05. The first-order chi connectivity index (χ1) is 12.3. The van der Waals surface area contributed by atoms with Crippen LogP contribution in [-0.2, 0) is 0 Å². The van der Waals surface area contributed by atoms with E-state index in [1.54, 1.807) is 18.2 Å². The first-order valence-corrected chi connectivity index (χ1v) is 8.49. The minimum absolute atomic E-state index is 0.120. The van der Waals surface area contributed by atoms with Crippen LogP contribution in [-0.4, -0.2) is 22.9 Å². The molecule has 0 bridgehead atoms. The minimum atomic E-state index is -0.649. The second kappa shape index (κ2) is 7.03. The van der Waals surface area contributed by atoms with Gasteiger partial charge in [0.05, 0.1) is 11.7 Å². The van der Waals surface area contributed by atoms with Crippen molar-refractivity contribution in [3.8, 4) is 5.75 Å². The molecule has 1 fully saturated rings.